The number of hydrogen-bond donors (Lipinski definition) is 0. The summed E-state index contributed by atoms with van der Waals surface area (Å²) >= 11 is 0. The van der Waals surface area contributed by atoms with Gasteiger partial charge in [-0.25, -0.2) is 0 Å². The molecule has 0 aromatic rings. The first-order valence-electron chi connectivity index (χ1n) is 3.99. The van der Waals surface area contributed by atoms with Crippen molar-refractivity contribution in [3.63, 3.8) is 0 Å². The molecule has 0 spiro atoms. The first kappa shape index (κ1) is 29.4. The molecule has 0 aromatic carbocycles. The minimum absolute atomic E-state index is 0. The number of ether oxygens (including phenoxy) is 3. The standard InChI is InChI=1S/C8H18O3.4CH4/c1-4-11-8(2)7-10-6-5-9-3;;;;/h8H,4-7H2,1-3H3;4*1H4. The molecule has 0 rings (SSSR count). The molecule has 0 aliphatic rings. The monoisotopic (exact) mass is 226 g/mol. The molecule has 0 aliphatic heterocycles. The van der Waals surface area contributed by atoms with Crippen LogP contribution in [-0.2, 0) is 14.2 Å². The molecule has 0 N–H and O–H groups in total. The van der Waals surface area contributed by atoms with Gasteiger partial charge >= 0.3 is 0 Å². The van der Waals surface area contributed by atoms with Crippen molar-refractivity contribution in [3.05, 3.63) is 0 Å². The maximum absolute atomic E-state index is 5.26. The van der Waals surface area contributed by atoms with Crippen LogP contribution in [0.2, 0.25) is 0 Å². The summed E-state index contributed by atoms with van der Waals surface area (Å²) in [5, 5.41) is 0. The third kappa shape index (κ3) is 24.8. The van der Waals surface area contributed by atoms with Gasteiger partial charge in [0.25, 0.3) is 0 Å². The minimum atomic E-state index is 0. The number of methoxy groups -OCH3 is 1. The van der Waals surface area contributed by atoms with E-state index in [0.29, 0.717) is 19.8 Å². The summed E-state index contributed by atoms with van der Waals surface area (Å²) in [6.45, 7) is 6.67. The maximum Gasteiger partial charge on any atom is 0.0780 e. The van der Waals surface area contributed by atoms with Gasteiger partial charge in [0, 0.05) is 13.7 Å². The molecular formula is C12H34O3. The van der Waals surface area contributed by atoms with Crippen LogP contribution >= 0.6 is 0 Å². The molecule has 0 aromatic heterocycles. The highest BCUT2D eigenvalue weighted by molar-refractivity contribution is 4.45. The van der Waals surface area contributed by atoms with Gasteiger partial charge in [0.2, 0.25) is 0 Å². The molecule has 0 saturated carbocycles. The molecule has 100 valence electrons. The van der Waals surface area contributed by atoms with E-state index in [2.05, 4.69) is 0 Å². The van der Waals surface area contributed by atoms with Crippen molar-refractivity contribution in [1.82, 2.24) is 0 Å². The molecule has 0 saturated heterocycles. The average molecular weight is 226 g/mol. The van der Waals surface area contributed by atoms with Crippen LogP contribution in [0.5, 0.6) is 0 Å². The SMILES string of the molecule is C.C.C.C.CCOC(C)COCCOC. The van der Waals surface area contributed by atoms with E-state index < -0.39 is 0 Å². The largest absolute Gasteiger partial charge is 0.382 e. The Morgan fingerprint density at radius 3 is 1.93 bits per heavy atom. The normalized spacial score (nSPS) is 9.80. The van der Waals surface area contributed by atoms with Gasteiger partial charge in [0.05, 0.1) is 25.9 Å². The predicted molar refractivity (Wildman–Crippen MR) is 70.7 cm³/mol. The predicted octanol–water partition coefficient (Wildman–Crippen LogP) is 3.62. The van der Waals surface area contributed by atoms with Crippen molar-refractivity contribution in [1.29, 1.82) is 0 Å². The zero-order chi connectivity index (χ0) is 8.53. The van der Waals surface area contributed by atoms with E-state index in [1.54, 1.807) is 7.11 Å². The zero-order valence-corrected chi connectivity index (χ0v) is 7.63. The summed E-state index contributed by atoms with van der Waals surface area (Å²) in [6, 6.07) is 0. The van der Waals surface area contributed by atoms with E-state index in [-0.39, 0.29) is 35.8 Å². The molecule has 0 fully saturated rings. The molecule has 1 unspecified atom stereocenters. The van der Waals surface area contributed by atoms with Gasteiger partial charge in [0.15, 0.2) is 0 Å². The Bertz CT molecular complexity index is 77.3. The van der Waals surface area contributed by atoms with Crippen LogP contribution in [0.25, 0.3) is 0 Å². The minimum Gasteiger partial charge on any atom is -0.382 e. The van der Waals surface area contributed by atoms with E-state index in [1.807, 2.05) is 13.8 Å². The molecule has 0 radical (unpaired) electrons. The summed E-state index contributed by atoms with van der Waals surface area (Å²) in [7, 11) is 1.66. The Balaban J connectivity index is -0.0000000833. The van der Waals surface area contributed by atoms with Crippen molar-refractivity contribution in [2.24, 2.45) is 0 Å². The molecule has 15 heavy (non-hydrogen) atoms. The van der Waals surface area contributed by atoms with E-state index in [9.17, 15) is 0 Å². The van der Waals surface area contributed by atoms with Crippen LogP contribution in [0.3, 0.4) is 0 Å². The van der Waals surface area contributed by atoms with Crippen LogP contribution in [-0.4, -0.2) is 39.6 Å². The first-order valence-corrected chi connectivity index (χ1v) is 3.99. The van der Waals surface area contributed by atoms with Crippen molar-refractivity contribution in [2.75, 3.05) is 33.5 Å². The maximum atomic E-state index is 5.26. The highest BCUT2D eigenvalue weighted by Crippen LogP contribution is 1.90. The van der Waals surface area contributed by atoms with Gasteiger partial charge in [-0.2, -0.15) is 0 Å². The van der Waals surface area contributed by atoms with Crippen LogP contribution < -0.4 is 0 Å². The van der Waals surface area contributed by atoms with Crippen LogP contribution in [0, 0.1) is 0 Å². The molecule has 0 bridgehead atoms. The molecule has 0 aliphatic carbocycles. The second-order valence-electron chi connectivity index (χ2n) is 2.33. The van der Waals surface area contributed by atoms with Gasteiger partial charge in [-0.3, -0.25) is 0 Å². The van der Waals surface area contributed by atoms with Gasteiger partial charge in [-0.1, -0.05) is 29.7 Å². The van der Waals surface area contributed by atoms with E-state index in [0.717, 1.165) is 6.61 Å². The lowest BCUT2D eigenvalue weighted by molar-refractivity contribution is -0.0144. The Morgan fingerprint density at radius 1 is 1.00 bits per heavy atom. The van der Waals surface area contributed by atoms with Gasteiger partial charge < -0.3 is 14.2 Å². The molecule has 1 atom stereocenters. The zero-order valence-electron chi connectivity index (χ0n) is 7.63. The second kappa shape index (κ2) is 23.6. The van der Waals surface area contributed by atoms with Crippen molar-refractivity contribution >= 4 is 0 Å². The third-order valence-electron chi connectivity index (χ3n) is 1.24. The number of hydrogen-bond acceptors (Lipinski definition) is 3. The van der Waals surface area contributed by atoms with Crippen LogP contribution in [0.1, 0.15) is 43.6 Å². The average Bonchev–Trinajstić information content (AvgIpc) is 1.99. The summed E-state index contributed by atoms with van der Waals surface area (Å²) in [4.78, 5) is 0. The molecule has 0 amide bonds. The van der Waals surface area contributed by atoms with Crippen LogP contribution in [0.4, 0.5) is 0 Å². The summed E-state index contributed by atoms with van der Waals surface area (Å²) in [6.07, 6.45) is 0.192. The number of rotatable bonds is 7. The van der Waals surface area contributed by atoms with Crippen molar-refractivity contribution in [3.8, 4) is 0 Å². The molecule has 3 heteroatoms. The van der Waals surface area contributed by atoms with Gasteiger partial charge in [-0.15, -0.1) is 0 Å². The quantitative estimate of drug-likeness (QED) is 0.621. The fourth-order valence-corrected chi connectivity index (χ4v) is 0.724. The lowest BCUT2D eigenvalue weighted by Gasteiger charge is -2.11. The molecule has 3 nitrogen and oxygen atoms in total. The van der Waals surface area contributed by atoms with Crippen LogP contribution in [0.15, 0.2) is 0 Å². The summed E-state index contributed by atoms with van der Waals surface area (Å²) in [5.74, 6) is 0. The Labute approximate surface area is 98.1 Å². The fourth-order valence-electron chi connectivity index (χ4n) is 0.724. The third-order valence-corrected chi connectivity index (χ3v) is 1.24. The van der Waals surface area contributed by atoms with E-state index >= 15 is 0 Å². The molecule has 0 heterocycles. The van der Waals surface area contributed by atoms with Crippen molar-refractivity contribution < 1.29 is 14.2 Å². The fraction of sp³-hybridized carbons (Fsp3) is 1.00. The smallest absolute Gasteiger partial charge is 0.0780 e. The van der Waals surface area contributed by atoms with Gasteiger partial charge in [-0.05, 0) is 13.8 Å². The van der Waals surface area contributed by atoms with E-state index in [1.165, 1.54) is 0 Å². The summed E-state index contributed by atoms with van der Waals surface area (Å²) < 4.78 is 15.3. The molecular weight excluding hydrogens is 192 g/mol. The van der Waals surface area contributed by atoms with E-state index in [4.69, 9.17) is 14.2 Å². The Hall–Kier alpha value is -0.120. The van der Waals surface area contributed by atoms with Crippen molar-refractivity contribution in [2.45, 2.75) is 49.7 Å². The lowest BCUT2D eigenvalue weighted by atomic mass is 10.4. The summed E-state index contributed by atoms with van der Waals surface area (Å²) in [5.41, 5.74) is 0. The highest BCUT2D eigenvalue weighted by Gasteiger charge is 1.99. The Morgan fingerprint density at radius 2 is 1.53 bits per heavy atom. The second-order valence-corrected chi connectivity index (χ2v) is 2.33. The topological polar surface area (TPSA) is 27.7 Å². The van der Waals surface area contributed by atoms with Gasteiger partial charge in [0.1, 0.15) is 0 Å². The lowest BCUT2D eigenvalue weighted by Crippen LogP contribution is -2.17. The first-order chi connectivity index (χ1) is 5.31. The highest BCUT2D eigenvalue weighted by atomic mass is 16.5. The Kier molecular flexibility index (Phi) is 46.2.